The van der Waals surface area contributed by atoms with Crippen molar-refractivity contribution in [3.8, 4) is 6.07 Å². The van der Waals surface area contributed by atoms with Crippen LogP contribution in [0.1, 0.15) is 35.0 Å². The number of anilines is 1. The number of carbonyl (C=O) groups excluding carboxylic acids is 1. The largest absolute Gasteiger partial charge is 0.452 e. The number of rotatable bonds is 3. The Morgan fingerprint density at radius 1 is 1.28 bits per heavy atom. The number of hydrogen-bond donors (Lipinski definition) is 2. The lowest BCUT2D eigenvalue weighted by Gasteiger charge is -2.36. The quantitative estimate of drug-likeness (QED) is 0.685. The van der Waals surface area contributed by atoms with Gasteiger partial charge in [-0.25, -0.2) is 23.1 Å². The van der Waals surface area contributed by atoms with E-state index in [2.05, 4.69) is 20.0 Å². The van der Waals surface area contributed by atoms with Crippen LogP contribution in [0.25, 0.3) is 0 Å². The number of alkyl halides is 3. The highest BCUT2D eigenvalue weighted by Gasteiger charge is 2.50. The van der Waals surface area contributed by atoms with E-state index in [1.165, 1.54) is 0 Å². The average molecular weight is 457 g/mol. The van der Waals surface area contributed by atoms with Crippen molar-refractivity contribution in [2.45, 2.75) is 31.2 Å². The SMILES string of the molecule is CC1(c2cc(NC(=O)c3ncc(C#N)cc3F)cc(F)c2F)CC(C(F)(F)F)OC(N)=N1. The fourth-order valence-corrected chi connectivity index (χ4v) is 3.13. The molecule has 1 aliphatic rings. The summed E-state index contributed by atoms with van der Waals surface area (Å²) >= 11 is 0. The number of amides is 1. The molecule has 1 aromatic heterocycles. The molecular weight excluding hydrogens is 444 g/mol. The number of hydrogen-bond acceptors (Lipinski definition) is 6. The van der Waals surface area contributed by atoms with Crippen molar-refractivity contribution in [1.82, 2.24) is 4.98 Å². The zero-order valence-electron chi connectivity index (χ0n) is 16.1. The molecule has 0 aliphatic carbocycles. The van der Waals surface area contributed by atoms with E-state index in [1.807, 2.05) is 0 Å². The van der Waals surface area contributed by atoms with Crippen molar-refractivity contribution in [2.75, 3.05) is 5.32 Å². The number of amidine groups is 1. The first-order valence-corrected chi connectivity index (χ1v) is 8.79. The molecule has 2 atom stereocenters. The van der Waals surface area contributed by atoms with E-state index in [4.69, 9.17) is 11.0 Å². The van der Waals surface area contributed by atoms with E-state index < -0.39 is 70.6 Å². The second kappa shape index (κ2) is 8.03. The van der Waals surface area contributed by atoms with Gasteiger partial charge < -0.3 is 15.8 Å². The molecule has 3 rings (SSSR count). The van der Waals surface area contributed by atoms with E-state index in [9.17, 15) is 31.1 Å². The van der Waals surface area contributed by atoms with Gasteiger partial charge in [-0.1, -0.05) is 0 Å². The summed E-state index contributed by atoms with van der Waals surface area (Å²) in [6, 6.07) is 2.90. The van der Waals surface area contributed by atoms with Crippen molar-refractivity contribution in [3.63, 3.8) is 0 Å². The first kappa shape index (κ1) is 22.9. The number of benzene rings is 1. The second-order valence-electron chi connectivity index (χ2n) is 7.02. The summed E-state index contributed by atoms with van der Waals surface area (Å²) in [7, 11) is 0. The fraction of sp³-hybridized carbons (Fsp3) is 0.263. The number of pyridine rings is 1. The summed E-state index contributed by atoms with van der Waals surface area (Å²) < 4.78 is 86.7. The molecule has 0 saturated heterocycles. The van der Waals surface area contributed by atoms with Crippen molar-refractivity contribution < 1.29 is 35.9 Å². The van der Waals surface area contributed by atoms with Gasteiger partial charge in [0.2, 0.25) is 0 Å². The van der Waals surface area contributed by atoms with E-state index in [-0.39, 0.29) is 5.56 Å². The molecule has 0 bridgehead atoms. The minimum atomic E-state index is -4.86. The molecular formula is C19H13F6N5O2. The number of nitrogens with zero attached hydrogens (tertiary/aromatic N) is 3. The Labute approximate surface area is 176 Å². The van der Waals surface area contributed by atoms with Crippen LogP contribution in [0.4, 0.5) is 32.0 Å². The van der Waals surface area contributed by atoms with Crippen LogP contribution >= 0.6 is 0 Å². The lowest BCUT2D eigenvalue weighted by Crippen LogP contribution is -2.46. The molecule has 0 radical (unpaired) electrons. The van der Waals surface area contributed by atoms with Gasteiger partial charge in [0.1, 0.15) is 6.07 Å². The van der Waals surface area contributed by atoms with Crippen LogP contribution in [0.15, 0.2) is 29.4 Å². The van der Waals surface area contributed by atoms with Gasteiger partial charge in [0.15, 0.2) is 29.2 Å². The third-order valence-corrected chi connectivity index (χ3v) is 4.62. The molecule has 1 amide bonds. The van der Waals surface area contributed by atoms with Crippen molar-refractivity contribution in [3.05, 3.63) is 58.7 Å². The van der Waals surface area contributed by atoms with Crippen molar-refractivity contribution in [1.29, 1.82) is 5.26 Å². The van der Waals surface area contributed by atoms with Crippen LogP contribution in [0.3, 0.4) is 0 Å². The lowest BCUT2D eigenvalue weighted by molar-refractivity contribution is -0.208. The molecule has 2 aromatic rings. The maximum Gasteiger partial charge on any atom is 0.425 e. The third kappa shape index (κ3) is 4.43. The summed E-state index contributed by atoms with van der Waals surface area (Å²) in [5.74, 6) is -5.33. The van der Waals surface area contributed by atoms with Gasteiger partial charge in [-0.2, -0.15) is 18.4 Å². The fourth-order valence-electron chi connectivity index (χ4n) is 3.13. The number of ether oxygens (including phenoxy) is 1. The van der Waals surface area contributed by atoms with Gasteiger partial charge in [0.25, 0.3) is 11.9 Å². The Hall–Kier alpha value is -3.82. The molecule has 0 saturated carbocycles. The molecule has 2 unspecified atom stereocenters. The topological polar surface area (TPSA) is 113 Å². The van der Waals surface area contributed by atoms with Crippen LogP contribution in [0.2, 0.25) is 0 Å². The summed E-state index contributed by atoms with van der Waals surface area (Å²) in [5, 5.41) is 10.8. The summed E-state index contributed by atoms with van der Waals surface area (Å²) in [6.07, 6.45) is -7.28. The monoisotopic (exact) mass is 457 g/mol. The highest BCUT2D eigenvalue weighted by atomic mass is 19.4. The van der Waals surface area contributed by atoms with Crippen LogP contribution in [0.5, 0.6) is 0 Å². The maximum absolute atomic E-state index is 14.5. The predicted molar refractivity (Wildman–Crippen MR) is 97.7 cm³/mol. The highest BCUT2D eigenvalue weighted by molar-refractivity contribution is 6.03. The molecule has 168 valence electrons. The number of carbonyl (C=O) groups is 1. The van der Waals surface area contributed by atoms with Gasteiger partial charge in [0.05, 0.1) is 11.1 Å². The summed E-state index contributed by atoms with van der Waals surface area (Å²) in [4.78, 5) is 19.5. The van der Waals surface area contributed by atoms with E-state index in [0.717, 1.165) is 25.3 Å². The van der Waals surface area contributed by atoms with E-state index >= 15 is 0 Å². The Morgan fingerprint density at radius 3 is 2.56 bits per heavy atom. The zero-order chi connectivity index (χ0) is 23.8. The minimum Gasteiger partial charge on any atom is -0.452 e. The number of aromatic nitrogens is 1. The Morgan fingerprint density at radius 2 is 1.97 bits per heavy atom. The Bertz CT molecular complexity index is 1160. The van der Waals surface area contributed by atoms with E-state index in [1.54, 1.807) is 6.07 Å². The summed E-state index contributed by atoms with van der Waals surface area (Å²) in [6.45, 7) is 1.09. The lowest BCUT2D eigenvalue weighted by atomic mass is 9.85. The second-order valence-corrected chi connectivity index (χ2v) is 7.02. The smallest absolute Gasteiger partial charge is 0.425 e. The molecule has 2 heterocycles. The Kier molecular flexibility index (Phi) is 5.73. The summed E-state index contributed by atoms with van der Waals surface area (Å²) in [5.41, 5.74) is 1.39. The number of nitrogens with two attached hydrogens (primary N) is 1. The predicted octanol–water partition coefficient (Wildman–Crippen LogP) is 3.50. The number of aliphatic imine (C=N–C) groups is 1. The van der Waals surface area contributed by atoms with Crippen LogP contribution in [-0.4, -0.2) is 29.2 Å². The van der Waals surface area contributed by atoms with Gasteiger partial charge in [-0.3, -0.25) is 4.79 Å². The van der Waals surface area contributed by atoms with Crippen LogP contribution in [0, 0.1) is 28.8 Å². The first-order chi connectivity index (χ1) is 14.8. The van der Waals surface area contributed by atoms with Gasteiger partial charge in [-0.15, -0.1) is 0 Å². The van der Waals surface area contributed by atoms with Gasteiger partial charge >= 0.3 is 6.18 Å². The molecule has 1 aromatic carbocycles. The molecule has 0 spiro atoms. The van der Waals surface area contributed by atoms with Crippen LogP contribution in [-0.2, 0) is 10.3 Å². The molecule has 0 fully saturated rings. The number of halogens is 6. The molecule has 1 aliphatic heterocycles. The zero-order valence-corrected chi connectivity index (χ0v) is 16.1. The first-order valence-electron chi connectivity index (χ1n) is 8.79. The Balaban J connectivity index is 1.99. The van der Waals surface area contributed by atoms with Crippen molar-refractivity contribution in [2.24, 2.45) is 10.7 Å². The molecule has 7 nitrogen and oxygen atoms in total. The van der Waals surface area contributed by atoms with Gasteiger partial charge in [-0.05, 0) is 19.1 Å². The molecule has 3 N–H and O–H groups in total. The number of nitriles is 1. The van der Waals surface area contributed by atoms with Gasteiger partial charge in [0, 0.05) is 29.9 Å². The normalized spacial score (nSPS) is 20.7. The average Bonchev–Trinajstić information content (AvgIpc) is 2.68. The van der Waals surface area contributed by atoms with Crippen molar-refractivity contribution >= 4 is 17.6 Å². The van der Waals surface area contributed by atoms with Crippen LogP contribution < -0.4 is 11.1 Å². The van der Waals surface area contributed by atoms with E-state index in [0.29, 0.717) is 6.07 Å². The third-order valence-electron chi connectivity index (χ3n) is 4.62. The minimum absolute atomic E-state index is 0.156. The molecule has 13 heteroatoms. The standard InChI is InChI=1S/C19H13F6N5O2/c1-18(5-13(19(23,24)25)32-17(27)30-18)10-3-9(4-11(20)14(10)22)29-16(31)15-12(21)2-8(6-26)7-28-15/h2-4,7,13H,5H2,1H3,(H2,27,30)(H,29,31). The highest BCUT2D eigenvalue weighted by Crippen LogP contribution is 2.41. The maximum atomic E-state index is 14.5. The molecule has 32 heavy (non-hydrogen) atoms. The number of nitrogens with one attached hydrogen (secondary N) is 1.